The fourth-order valence-electron chi connectivity index (χ4n) is 4.47. The van der Waals surface area contributed by atoms with Crippen LogP contribution in [0.3, 0.4) is 0 Å². The quantitative estimate of drug-likeness (QED) is 0.289. The first kappa shape index (κ1) is 29.1. The summed E-state index contributed by atoms with van der Waals surface area (Å²) in [6, 6.07) is 11.5. The van der Waals surface area contributed by atoms with Gasteiger partial charge in [-0.25, -0.2) is 25.9 Å². The second kappa shape index (κ2) is 10.6. The van der Waals surface area contributed by atoms with Crippen molar-refractivity contribution >= 4 is 49.0 Å². The molecule has 0 bridgehead atoms. The van der Waals surface area contributed by atoms with Crippen molar-refractivity contribution in [1.29, 1.82) is 0 Å². The molecule has 3 aromatic carbocycles. The van der Waals surface area contributed by atoms with E-state index in [2.05, 4.69) is 4.72 Å². The molecule has 0 saturated heterocycles. The van der Waals surface area contributed by atoms with Gasteiger partial charge in [0, 0.05) is 11.6 Å². The van der Waals surface area contributed by atoms with Crippen molar-refractivity contribution in [2.24, 2.45) is 0 Å². The lowest BCUT2D eigenvalue weighted by Gasteiger charge is -2.35. The normalized spacial score (nSPS) is 16.7. The Hall–Kier alpha value is -2.93. The van der Waals surface area contributed by atoms with Crippen LogP contribution in [0, 0.1) is 5.82 Å². The Balaban J connectivity index is 1.83. The Bertz CT molecular complexity index is 1650. The minimum atomic E-state index is -4.77. The van der Waals surface area contributed by atoms with Crippen molar-refractivity contribution in [3.05, 3.63) is 93.8 Å². The summed E-state index contributed by atoms with van der Waals surface area (Å²) in [5, 5.41) is 0.185. The van der Waals surface area contributed by atoms with Gasteiger partial charge in [0.15, 0.2) is 0 Å². The summed E-state index contributed by atoms with van der Waals surface area (Å²) in [5.74, 6) is -0.544. The van der Waals surface area contributed by atoms with Crippen LogP contribution in [-0.4, -0.2) is 35.7 Å². The fraction of sp³-hybridized carbons (Fsp3) is 0.231. The monoisotopic (exact) mass is 602 g/mol. The molecule has 1 atom stereocenters. The first-order chi connectivity index (χ1) is 18.1. The Morgan fingerprint density at radius 1 is 1.05 bits per heavy atom. The zero-order valence-electron chi connectivity index (χ0n) is 20.6. The smallest absolute Gasteiger partial charge is 0.264 e. The highest BCUT2D eigenvalue weighted by Gasteiger charge is 2.37. The molecule has 0 fully saturated rings. The Morgan fingerprint density at radius 3 is 2.38 bits per heavy atom. The molecule has 1 aliphatic rings. The summed E-state index contributed by atoms with van der Waals surface area (Å²) >= 11 is 6.17. The van der Waals surface area contributed by atoms with E-state index in [1.54, 1.807) is 25.1 Å². The minimum Gasteiger partial charge on any atom is -0.264 e. The van der Waals surface area contributed by atoms with Gasteiger partial charge in [0.1, 0.15) is 5.82 Å². The average molecular weight is 603 g/mol. The number of anilines is 1. The first-order valence-electron chi connectivity index (χ1n) is 11.5. The molecule has 4 rings (SSSR count). The van der Waals surface area contributed by atoms with Gasteiger partial charge in [-0.2, -0.15) is 13.2 Å². The molecule has 1 aliphatic heterocycles. The molecule has 0 amide bonds. The highest BCUT2D eigenvalue weighted by molar-refractivity contribution is 7.92. The van der Waals surface area contributed by atoms with Crippen molar-refractivity contribution in [3.8, 4) is 0 Å². The number of halogens is 5. The highest BCUT2D eigenvalue weighted by Crippen LogP contribution is 2.37. The molecule has 0 aromatic heterocycles. The second-order valence-electron chi connectivity index (χ2n) is 9.16. The van der Waals surface area contributed by atoms with Crippen molar-refractivity contribution in [2.75, 3.05) is 17.1 Å². The summed E-state index contributed by atoms with van der Waals surface area (Å²) in [6.45, 7) is 1.27. The van der Waals surface area contributed by atoms with Gasteiger partial charge in [-0.15, -0.1) is 0 Å². The van der Waals surface area contributed by atoms with Gasteiger partial charge in [-0.3, -0.25) is 4.31 Å². The Morgan fingerprint density at radius 2 is 1.74 bits per heavy atom. The van der Waals surface area contributed by atoms with E-state index in [9.17, 15) is 34.4 Å². The summed E-state index contributed by atoms with van der Waals surface area (Å²) in [6.07, 6.45) is -2.10. The summed E-state index contributed by atoms with van der Waals surface area (Å²) in [4.78, 5) is -0.599. The summed E-state index contributed by atoms with van der Waals surface area (Å²) < 4.78 is 109. The standard InChI is InChI=1S/C26H23ClF4N2O4S2/c1-16(25-22(27)7-4-8-23(25)28)11-17-9-10-18-13-20(32-38(2,34)35)15-33(24(18)12-17)39(36,37)21-6-3-5-19(14-21)26(29,30)31/h3-12,14,20,32H,13,15H2,1-2H3. The lowest BCUT2D eigenvalue weighted by Crippen LogP contribution is -2.50. The third kappa shape index (κ3) is 6.46. The maximum absolute atomic E-state index is 14.4. The zero-order chi connectivity index (χ0) is 28.8. The number of allylic oxidation sites excluding steroid dienone is 1. The predicted molar refractivity (Wildman–Crippen MR) is 143 cm³/mol. The number of rotatable bonds is 6. The first-order valence-corrected chi connectivity index (χ1v) is 15.2. The van der Waals surface area contributed by atoms with E-state index in [0.717, 1.165) is 28.8 Å². The van der Waals surface area contributed by atoms with Crippen LogP contribution in [-0.2, 0) is 32.6 Å². The van der Waals surface area contributed by atoms with Gasteiger partial charge in [0.05, 0.1) is 34.0 Å². The molecule has 3 aromatic rings. The number of fused-ring (bicyclic) bond motifs is 1. The minimum absolute atomic E-state index is 0.138. The number of alkyl halides is 3. The van der Waals surface area contributed by atoms with Gasteiger partial charge in [0.25, 0.3) is 10.0 Å². The third-order valence-electron chi connectivity index (χ3n) is 6.10. The van der Waals surface area contributed by atoms with E-state index in [0.29, 0.717) is 22.8 Å². The van der Waals surface area contributed by atoms with E-state index in [1.807, 2.05) is 0 Å². The fourth-order valence-corrected chi connectivity index (χ4v) is 7.13. The van der Waals surface area contributed by atoms with E-state index in [4.69, 9.17) is 11.6 Å². The van der Waals surface area contributed by atoms with Crippen LogP contribution >= 0.6 is 11.6 Å². The second-order valence-corrected chi connectivity index (χ2v) is 13.2. The van der Waals surface area contributed by atoms with E-state index < -0.39 is 48.5 Å². The average Bonchev–Trinajstić information content (AvgIpc) is 2.82. The number of nitrogens with zero attached hydrogens (tertiary/aromatic N) is 1. The van der Waals surface area contributed by atoms with Crippen LogP contribution in [0.25, 0.3) is 11.6 Å². The molecule has 0 aliphatic carbocycles. The lowest BCUT2D eigenvalue weighted by molar-refractivity contribution is -0.137. The number of sulfonamides is 2. The van der Waals surface area contributed by atoms with E-state index in [1.165, 1.54) is 24.3 Å². The van der Waals surface area contributed by atoms with E-state index in [-0.39, 0.29) is 29.2 Å². The number of hydrogen-bond acceptors (Lipinski definition) is 4. The van der Waals surface area contributed by atoms with Crippen molar-refractivity contribution in [3.63, 3.8) is 0 Å². The maximum atomic E-state index is 14.4. The van der Waals surface area contributed by atoms with Gasteiger partial charge >= 0.3 is 6.18 Å². The third-order valence-corrected chi connectivity index (χ3v) is 8.95. The maximum Gasteiger partial charge on any atom is 0.416 e. The predicted octanol–water partition coefficient (Wildman–Crippen LogP) is 5.73. The van der Waals surface area contributed by atoms with E-state index >= 15 is 0 Å². The Labute approximate surface area is 229 Å². The van der Waals surface area contributed by atoms with Crippen LogP contribution in [0.1, 0.15) is 29.2 Å². The summed E-state index contributed by atoms with van der Waals surface area (Å²) in [5.41, 5.74) is 0.586. The van der Waals surface area contributed by atoms with Crippen molar-refractivity contribution in [2.45, 2.75) is 30.5 Å². The number of nitrogens with one attached hydrogen (secondary N) is 1. The SMILES string of the molecule is CC(=Cc1ccc2c(c1)N(S(=O)(=O)c1cccc(C(F)(F)F)c1)CC(NS(C)(=O)=O)C2)c1c(F)cccc1Cl. The van der Waals surface area contributed by atoms with Gasteiger partial charge < -0.3 is 0 Å². The largest absolute Gasteiger partial charge is 0.416 e. The Kier molecular flexibility index (Phi) is 7.87. The molecule has 1 heterocycles. The molecule has 1 unspecified atom stereocenters. The molecule has 208 valence electrons. The highest BCUT2D eigenvalue weighted by atomic mass is 35.5. The van der Waals surface area contributed by atoms with Crippen molar-refractivity contribution < 1.29 is 34.4 Å². The lowest BCUT2D eigenvalue weighted by atomic mass is 9.97. The topological polar surface area (TPSA) is 83.6 Å². The molecule has 0 saturated carbocycles. The summed E-state index contributed by atoms with van der Waals surface area (Å²) in [7, 11) is -8.29. The number of hydrogen-bond donors (Lipinski definition) is 1. The van der Waals surface area contributed by atoms with Crippen LogP contribution in [0.4, 0.5) is 23.2 Å². The van der Waals surface area contributed by atoms with Gasteiger partial charge in [0.2, 0.25) is 10.0 Å². The molecule has 0 radical (unpaired) electrons. The molecule has 1 N–H and O–H groups in total. The molecule has 6 nitrogen and oxygen atoms in total. The van der Waals surface area contributed by atoms with Crippen LogP contribution < -0.4 is 9.03 Å². The van der Waals surface area contributed by atoms with Crippen LogP contribution in [0.2, 0.25) is 5.02 Å². The molecular weight excluding hydrogens is 580 g/mol. The molecule has 39 heavy (non-hydrogen) atoms. The molecule has 0 spiro atoms. The zero-order valence-corrected chi connectivity index (χ0v) is 23.0. The van der Waals surface area contributed by atoms with Crippen molar-refractivity contribution in [1.82, 2.24) is 4.72 Å². The van der Waals surface area contributed by atoms with Crippen LogP contribution in [0.15, 0.2) is 65.6 Å². The van der Waals surface area contributed by atoms with Crippen LogP contribution in [0.5, 0.6) is 0 Å². The van der Waals surface area contributed by atoms with Gasteiger partial charge in [-0.1, -0.05) is 41.9 Å². The number of benzene rings is 3. The van der Waals surface area contributed by atoms with Gasteiger partial charge in [-0.05, 0) is 66.4 Å². The molecule has 13 heteroatoms. The molecular formula is C26H23ClF4N2O4S2.